The number of aliphatic hydroxyl groups excluding tert-OH is 1. The quantitative estimate of drug-likeness (QED) is 0.706. The van der Waals surface area contributed by atoms with Crippen molar-refractivity contribution < 1.29 is 19.4 Å². The van der Waals surface area contributed by atoms with Gasteiger partial charge in [0.25, 0.3) is 5.91 Å². The Morgan fingerprint density at radius 2 is 1.96 bits per heavy atom. The molecule has 1 aliphatic heterocycles. The van der Waals surface area contributed by atoms with E-state index in [-0.39, 0.29) is 24.7 Å². The first-order valence-electron chi connectivity index (χ1n) is 9.47. The number of aryl methyl sites for hydroxylation is 1. The summed E-state index contributed by atoms with van der Waals surface area (Å²) in [6.07, 6.45) is 0.555. The van der Waals surface area contributed by atoms with Crippen LogP contribution in [0.3, 0.4) is 0 Å². The summed E-state index contributed by atoms with van der Waals surface area (Å²) in [6, 6.07) is 14.2. The van der Waals surface area contributed by atoms with Gasteiger partial charge in [0, 0.05) is 29.4 Å². The monoisotopic (exact) mass is 445 g/mol. The first-order valence-corrected chi connectivity index (χ1v) is 10.3. The second-order valence-corrected chi connectivity index (χ2v) is 7.83. The maximum Gasteiger partial charge on any atom is 0.254 e. The lowest BCUT2D eigenvalue weighted by molar-refractivity contribution is -0.122. The van der Waals surface area contributed by atoms with Gasteiger partial charge >= 0.3 is 0 Å². The highest BCUT2D eigenvalue weighted by atomic mass is 79.9. The summed E-state index contributed by atoms with van der Waals surface area (Å²) in [6.45, 7) is 2.56. The average Bonchev–Trinajstić information content (AvgIpc) is 3.09. The Labute approximate surface area is 173 Å². The lowest BCUT2D eigenvalue weighted by Gasteiger charge is -2.23. The zero-order valence-electron chi connectivity index (χ0n) is 15.8. The number of β-amino-alcohol motifs (C(OH)–C–C–N with tert-alkyl or cyclic N) is 1. The van der Waals surface area contributed by atoms with Crippen LogP contribution >= 0.6 is 15.9 Å². The molecule has 1 saturated heterocycles. The van der Waals surface area contributed by atoms with Crippen molar-refractivity contribution in [3.8, 4) is 5.75 Å². The number of hydrogen-bond acceptors (Lipinski definition) is 4. The van der Waals surface area contributed by atoms with Crippen molar-refractivity contribution in [1.29, 1.82) is 0 Å². The zero-order valence-corrected chi connectivity index (χ0v) is 17.4. The van der Waals surface area contributed by atoms with E-state index in [1.54, 1.807) is 24.3 Å². The van der Waals surface area contributed by atoms with E-state index in [0.717, 1.165) is 10.0 Å². The number of likely N-dealkylation sites (tertiary alicyclic amines) is 1. The van der Waals surface area contributed by atoms with E-state index in [0.29, 0.717) is 30.8 Å². The van der Waals surface area contributed by atoms with Crippen molar-refractivity contribution >= 4 is 27.6 Å². The number of amides is 1. The SMILES string of the molecule is CCOc1cccc(C(=O)N2C[C@H](O)C[C@H]2C(=O)CCc2ccc(Br)cc2)c1. The standard InChI is InChI=1S/C22H24BrNO4/c1-2-28-19-5-3-4-16(12-19)22(27)24-14-18(25)13-20(24)21(26)11-8-15-6-9-17(23)10-7-15/h3-7,9-10,12,18,20,25H,2,8,11,13-14H2,1H3/t18-,20+/m1/s1. The van der Waals surface area contributed by atoms with E-state index in [9.17, 15) is 14.7 Å². The van der Waals surface area contributed by atoms with Crippen LogP contribution in [0, 0.1) is 0 Å². The second kappa shape index (κ2) is 9.34. The molecule has 1 fully saturated rings. The summed E-state index contributed by atoms with van der Waals surface area (Å²) in [4.78, 5) is 27.3. The maximum atomic E-state index is 13.0. The molecule has 148 valence electrons. The zero-order chi connectivity index (χ0) is 20.1. The molecule has 2 atom stereocenters. The van der Waals surface area contributed by atoms with Gasteiger partial charge in [-0.15, -0.1) is 0 Å². The molecule has 0 aliphatic carbocycles. The summed E-state index contributed by atoms with van der Waals surface area (Å²) in [5.41, 5.74) is 1.53. The van der Waals surface area contributed by atoms with Crippen LogP contribution in [0.25, 0.3) is 0 Å². The Morgan fingerprint density at radius 3 is 2.68 bits per heavy atom. The van der Waals surface area contributed by atoms with Crippen LogP contribution in [-0.2, 0) is 11.2 Å². The molecule has 1 aliphatic rings. The number of Topliss-reactive ketones (excluding diaryl/α,β-unsaturated/α-hetero) is 1. The Morgan fingerprint density at radius 1 is 1.21 bits per heavy atom. The first-order chi connectivity index (χ1) is 13.5. The number of carbonyl (C=O) groups is 2. The van der Waals surface area contributed by atoms with Gasteiger partial charge in [-0.3, -0.25) is 9.59 Å². The van der Waals surface area contributed by atoms with Gasteiger partial charge in [0.1, 0.15) is 5.75 Å². The maximum absolute atomic E-state index is 13.0. The Balaban J connectivity index is 1.69. The fourth-order valence-corrected chi connectivity index (χ4v) is 3.74. The molecule has 1 amide bonds. The van der Waals surface area contributed by atoms with Gasteiger partial charge in [-0.1, -0.05) is 34.1 Å². The summed E-state index contributed by atoms with van der Waals surface area (Å²) >= 11 is 3.40. The molecule has 1 heterocycles. The van der Waals surface area contributed by atoms with Gasteiger partial charge in [0.15, 0.2) is 5.78 Å². The Hall–Kier alpha value is -2.18. The summed E-state index contributed by atoms with van der Waals surface area (Å²) < 4.78 is 6.45. The van der Waals surface area contributed by atoms with Gasteiger partial charge in [0.2, 0.25) is 0 Å². The molecule has 0 saturated carbocycles. The molecule has 28 heavy (non-hydrogen) atoms. The molecule has 0 bridgehead atoms. The fraction of sp³-hybridized carbons (Fsp3) is 0.364. The van der Waals surface area contributed by atoms with E-state index in [1.807, 2.05) is 31.2 Å². The summed E-state index contributed by atoms with van der Waals surface area (Å²) in [5, 5.41) is 10.1. The molecule has 5 nitrogen and oxygen atoms in total. The number of ether oxygens (including phenoxy) is 1. The summed E-state index contributed by atoms with van der Waals surface area (Å²) in [7, 11) is 0. The van der Waals surface area contributed by atoms with E-state index < -0.39 is 12.1 Å². The number of carbonyl (C=O) groups excluding carboxylic acids is 2. The lowest BCUT2D eigenvalue weighted by Crippen LogP contribution is -2.40. The van der Waals surface area contributed by atoms with Crippen LogP contribution in [0.1, 0.15) is 35.7 Å². The minimum atomic E-state index is -0.680. The topological polar surface area (TPSA) is 66.8 Å². The molecule has 3 rings (SSSR count). The lowest BCUT2D eigenvalue weighted by atomic mass is 10.0. The molecule has 0 aromatic heterocycles. The van der Waals surface area contributed by atoms with Crippen molar-refractivity contribution in [2.24, 2.45) is 0 Å². The van der Waals surface area contributed by atoms with E-state index in [4.69, 9.17) is 4.74 Å². The first kappa shape index (κ1) is 20.6. The van der Waals surface area contributed by atoms with Gasteiger partial charge in [0.05, 0.1) is 18.8 Å². The highest BCUT2D eigenvalue weighted by molar-refractivity contribution is 9.10. The predicted octanol–water partition coefficient (Wildman–Crippen LogP) is 3.63. The number of rotatable bonds is 7. The highest BCUT2D eigenvalue weighted by Crippen LogP contribution is 2.24. The van der Waals surface area contributed by atoms with Crippen LogP contribution in [-0.4, -0.2) is 47.0 Å². The number of hydrogen-bond donors (Lipinski definition) is 1. The van der Waals surface area contributed by atoms with Crippen molar-refractivity contribution in [3.63, 3.8) is 0 Å². The summed E-state index contributed by atoms with van der Waals surface area (Å²) in [5.74, 6) is 0.347. The van der Waals surface area contributed by atoms with Crippen LogP contribution < -0.4 is 4.74 Å². The van der Waals surface area contributed by atoms with Crippen LogP contribution in [0.2, 0.25) is 0 Å². The normalized spacial score (nSPS) is 18.9. The number of halogens is 1. The molecular weight excluding hydrogens is 422 g/mol. The highest BCUT2D eigenvalue weighted by Gasteiger charge is 2.38. The van der Waals surface area contributed by atoms with E-state index in [1.165, 1.54) is 4.90 Å². The largest absolute Gasteiger partial charge is 0.494 e. The molecule has 6 heteroatoms. The smallest absolute Gasteiger partial charge is 0.254 e. The van der Waals surface area contributed by atoms with Crippen molar-refractivity contribution in [2.75, 3.05) is 13.2 Å². The van der Waals surface area contributed by atoms with Crippen LogP contribution in [0.4, 0.5) is 0 Å². The number of benzene rings is 2. The van der Waals surface area contributed by atoms with Gasteiger partial charge < -0.3 is 14.7 Å². The fourth-order valence-electron chi connectivity index (χ4n) is 3.48. The predicted molar refractivity (Wildman–Crippen MR) is 111 cm³/mol. The number of aliphatic hydroxyl groups is 1. The Bertz CT molecular complexity index is 837. The minimum absolute atomic E-state index is 0.0196. The number of nitrogens with zero attached hydrogens (tertiary/aromatic N) is 1. The Kier molecular flexibility index (Phi) is 6.86. The molecular formula is C22H24BrNO4. The van der Waals surface area contributed by atoms with Crippen molar-refractivity contribution in [3.05, 3.63) is 64.1 Å². The van der Waals surface area contributed by atoms with Crippen molar-refractivity contribution in [1.82, 2.24) is 4.90 Å². The molecule has 0 spiro atoms. The van der Waals surface area contributed by atoms with Crippen molar-refractivity contribution in [2.45, 2.75) is 38.3 Å². The third-order valence-corrected chi connectivity index (χ3v) is 5.41. The third-order valence-electron chi connectivity index (χ3n) is 4.88. The van der Waals surface area contributed by atoms with Gasteiger partial charge in [-0.25, -0.2) is 0 Å². The van der Waals surface area contributed by atoms with Gasteiger partial charge in [-0.05, 0) is 49.2 Å². The van der Waals surface area contributed by atoms with Gasteiger partial charge in [-0.2, -0.15) is 0 Å². The minimum Gasteiger partial charge on any atom is -0.494 e. The molecule has 0 radical (unpaired) electrons. The number of ketones is 1. The molecule has 1 N–H and O–H groups in total. The van der Waals surface area contributed by atoms with Crippen LogP contribution in [0.15, 0.2) is 53.0 Å². The average molecular weight is 446 g/mol. The molecule has 0 unspecified atom stereocenters. The third kappa shape index (κ3) is 5.00. The molecule has 2 aromatic rings. The van der Waals surface area contributed by atoms with E-state index in [2.05, 4.69) is 15.9 Å². The van der Waals surface area contributed by atoms with E-state index >= 15 is 0 Å². The van der Waals surface area contributed by atoms with Crippen LogP contribution in [0.5, 0.6) is 5.75 Å². The molecule has 2 aromatic carbocycles. The second-order valence-electron chi connectivity index (χ2n) is 6.92.